The Labute approximate surface area is 113 Å². The van der Waals surface area contributed by atoms with Crippen LogP contribution in [0.3, 0.4) is 0 Å². The first-order valence-corrected chi connectivity index (χ1v) is 7.24. The van der Waals surface area contributed by atoms with Gasteiger partial charge >= 0.3 is 18.2 Å². The molecule has 0 heterocycles. The topological polar surface area (TPSA) is 113 Å². The maximum Gasteiger partial charge on any atom is 0.422 e. The zero-order valence-electron chi connectivity index (χ0n) is 10.7. The van der Waals surface area contributed by atoms with E-state index in [-0.39, 0.29) is 12.7 Å². The predicted octanol–water partition coefficient (Wildman–Crippen LogP) is 0.126. The van der Waals surface area contributed by atoms with E-state index >= 15 is 0 Å². The molecule has 0 bridgehead atoms. The molecule has 0 radical (unpaired) electrons. The molecule has 11 heteroatoms. The monoisotopic (exact) mass is 320 g/mol. The van der Waals surface area contributed by atoms with Crippen molar-refractivity contribution in [1.29, 1.82) is 0 Å². The molecule has 0 aliphatic heterocycles. The lowest BCUT2D eigenvalue weighted by Crippen LogP contribution is -2.63. The molecule has 0 rings (SSSR count). The minimum absolute atomic E-state index is 0.175. The zero-order valence-corrected chi connectivity index (χ0v) is 11.6. The molecule has 7 nitrogen and oxygen atoms in total. The fraction of sp³-hybridized carbons (Fsp3) is 0.778. The van der Waals surface area contributed by atoms with Crippen molar-refractivity contribution >= 4 is 21.8 Å². The number of nitrogens with one attached hydrogen (secondary N) is 2. The van der Waals surface area contributed by atoms with E-state index in [1.54, 1.807) is 0 Å². The summed E-state index contributed by atoms with van der Waals surface area (Å²) in [5.74, 6) is -2.90. The average molecular weight is 320 g/mol. The fourth-order valence-electron chi connectivity index (χ4n) is 0.981. The van der Waals surface area contributed by atoms with Gasteiger partial charge in [0.2, 0.25) is 5.54 Å². The Balaban J connectivity index is 4.63. The number of urea groups is 1. The first-order valence-electron chi connectivity index (χ1n) is 5.42. The number of carbonyl (C=O) groups excluding carboxylic acids is 1. The quantitative estimate of drug-likeness (QED) is 0.644. The Kier molecular flexibility index (Phi) is 5.81. The third-order valence-electron chi connectivity index (χ3n) is 2.50. The molecule has 0 spiro atoms. The SMILES string of the molecule is CCS(=O)(=O)CCNC(=O)NC(C)(C(=O)O)C(F)(F)F. The van der Waals surface area contributed by atoms with Crippen LogP contribution in [0.25, 0.3) is 0 Å². The predicted molar refractivity (Wildman–Crippen MR) is 63.0 cm³/mol. The van der Waals surface area contributed by atoms with Crippen LogP contribution in [0, 0.1) is 0 Å². The molecule has 0 aliphatic rings. The first kappa shape index (κ1) is 18.5. The highest BCUT2D eigenvalue weighted by atomic mass is 32.2. The van der Waals surface area contributed by atoms with Crippen LogP contribution in [-0.4, -0.2) is 55.3 Å². The fourth-order valence-corrected chi connectivity index (χ4v) is 1.68. The molecule has 0 saturated carbocycles. The molecule has 20 heavy (non-hydrogen) atoms. The normalized spacial score (nSPS) is 15.2. The summed E-state index contributed by atoms with van der Waals surface area (Å²) in [5, 5.41) is 11.7. The maximum atomic E-state index is 12.6. The second-order valence-electron chi connectivity index (χ2n) is 4.05. The molecule has 0 aromatic carbocycles. The van der Waals surface area contributed by atoms with Crippen LogP contribution >= 0.6 is 0 Å². The lowest BCUT2D eigenvalue weighted by Gasteiger charge is -2.28. The number of sulfone groups is 1. The Morgan fingerprint density at radius 3 is 2.10 bits per heavy atom. The number of rotatable bonds is 6. The summed E-state index contributed by atoms with van der Waals surface area (Å²) < 4.78 is 59.9. The van der Waals surface area contributed by atoms with Crippen LogP contribution in [0.4, 0.5) is 18.0 Å². The zero-order chi connectivity index (χ0) is 16.2. The number of hydrogen-bond donors (Lipinski definition) is 3. The van der Waals surface area contributed by atoms with E-state index in [1.807, 2.05) is 5.32 Å². The number of hydrogen-bond acceptors (Lipinski definition) is 4. The van der Waals surface area contributed by atoms with Crippen LogP contribution in [-0.2, 0) is 14.6 Å². The van der Waals surface area contributed by atoms with Crippen molar-refractivity contribution < 1.29 is 36.3 Å². The van der Waals surface area contributed by atoms with Crippen LogP contribution < -0.4 is 10.6 Å². The summed E-state index contributed by atoms with van der Waals surface area (Å²) in [5.41, 5.74) is -3.46. The maximum absolute atomic E-state index is 12.6. The molecule has 0 fully saturated rings. The summed E-state index contributed by atoms with van der Waals surface area (Å²) in [4.78, 5) is 21.8. The lowest BCUT2D eigenvalue weighted by molar-refractivity contribution is -0.203. The van der Waals surface area contributed by atoms with E-state index in [4.69, 9.17) is 5.11 Å². The van der Waals surface area contributed by atoms with Gasteiger partial charge < -0.3 is 15.7 Å². The largest absolute Gasteiger partial charge is 0.479 e. The van der Waals surface area contributed by atoms with Gasteiger partial charge in [-0.2, -0.15) is 13.2 Å². The van der Waals surface area contributed by atoms with Crippen molar-refractivity contribution in [1.82, 2.24) is 10.6 Å². The molecule has 3 N–H and O–H groups in total. The van der Waals surface area contributed by atoms with Crippen LogP contribution in [0.2, 0.25) is 0 Å². The van der Waals surface area contributed by atoms with Gasteiger partial charge in [-0.15, -0.1) is 0 Å². The van der Waals surface area contributed by atoms with Crippen molar-refractivity contribution in [2.45, 2.75) is 25.6 Å². The molecule has 0 saturated heterocycles. The number of aliphatic carboxylic acids is 1. The van der Waals surface area contributed by atoms with Gasteiger partial charge in [0.25, 0.3) is 0 Å². The highest BCUT2D eigenvalue weighted by Crippen LogP contribution is 2.30. The van der Waals surface area contributed by atoms with E-state index < -0.39 is 45.9 Å². The van der Waals surface area contributed by atoms with Crippen molar-refractivity contribution in [2.75, 3.05) is 18.1 Å². The molecule has 0 aliphatic carbocycles. The molecule has 1 atom stereocenters. The third kappa shape index (κ3) is 4.87. The van der Waals surface area contributed by atoms with Gasteiger partial charge in [0, 0.05) is 12.3 Å². The summed E-state index contributed by atoms with van der Waals surface area (Å²) in [7, 11) is -3.38. The Morgan fingerprint density at radius 1 is 1.25 bits per heavy atom. The highest BCUT2D eigenvalue weighted by molar-refractivity contribution is 7.91. The standard InChI is InChI=1S/C9H15F3N2O5S/c1-3-20(18,19)5-4-13-7(17)14-8(2,6(15)16)9(10,11)12/h3-5H2,1-2H3,(H,15,16)(H2,13,14,17). The summed E-state index contributed by atoms with van der Waals surface area (Å²) in [6.07, 6.45) is -5.20. The molecule has 0 aromatic rings. The number of alkyl halides is 3. The smallest absolute Gasteiger partial charge is 0.422 e. The van der Waals surface area contributed by atoms with Gasteiger partial charge in [0.05, 0.1) is 5.75 Å². The highest BCUT2D eigenvalue weighted by Gasteiger charge is 2.58. The summed E-state index contributed by atoms with van der Waals surface area (Å²) in [6, 6.07) is -1.42. The van der Waals surface area contributed by atoms with Gasteiger partial charge in [-0.1, -0.05) is 6.92 Å². The van der Waals surface area contributed by atoms with Gasteiger partial charge in [0.1, 0.15) is 0 Å². The number of halogens is 3. The molecular weight excluding hydrogens is 305 g/mol. The lowest BCUT2D eigenvalue weighted by atomic mass is 10.0. The molecule has 2 amide bonds. The number of carbonyl (C=O) groups is 2. The minimum atomic E-state index is -5.20. The van der Waals surface area contributed by atoms with E-state index in [0.29, 0.717) is 0 Å². The number of carboxylic acids is 1. The van der Waals surface area contributed by atoms with E-state index in [0.717, 1.165) is 0 Å². The number of amides is 2. The third-order valence-corrected chi connectivity index (χ3v) is 4.20. The van der Waals surface area contributed by atoms with Crippen molar-refractivity contribution in [3.8, 4) is 0 Å². The van der Waals surface area contributed by atoms with Gasteiger partial charge in [-0.05, 0) is 6.92 Å². The summed E-state index contributed by atoms with van der Waals surface area (Å²) in [6.45, 7) is 1.24. The molecule has 1 unspecified atom stereocenters. The average Bonchev–Trinajstić information content (AvgIpc) is 2.26. The molecule has 0 aromatic heterocycles. The van der Waals surface area contributed by atoms with Crippen LogP contribution in [0.5, 0.6) is 0 Å². The Morgan fingerprint density at radius 2 is 1.75 bits per heavy atom. The van der Waals surface area contributed by atoms with Crippen molar-refractivity contribution in [3.05, 3.63) is 0 Å². The minimum Gasteiger partial charge on any atom is -0.479 e. The first-order chi connectivity index (χ1) is 8.85. The molecule has 118 valence electrons. The van der Waals surface area contributed by atoms with E-state index in [9.17, 15) is 31.2 Å². The second kappa shape index (κ2) is 6.29. The van der Waals surface area contributed by atoms with Crippen molar-refractivity contribution in [2.24, 2.45) is 0 Å². The molecular formula is C9H15F3N2O5S. The Bertz CT molecular complexity index is 476. The van der Waals surface area contributed by atoms with Crippen molar-refractivity contribution in [3.63, 3.8) is 0 Å². The second-order valence-corrected chi connectivity index (χ2v) is 6.52. The van der Waals surface area contributed by atoms with E-state index in [1.165, 1.54) is 12.2 Å². The van der Waals surface area contributed by atoms with E-state index in [2.05, 4.69) is 0 Å². The van der Waals surface area contributed by atoms with Gasteiger partial charge in [-0.3, -0.25) is 0 Å². The van der Waals surface area contributed by atoms with Crippen LogP contribution in [0.1, 0.15) is 13.8 Å². The summed E-state index contributed by atoms with van der Waals surface area (Å²) >= 11 is 0. The Hall–Kier alpha value is -1.52. The van der Waals surface area contributed by atoms with Crippen LogP contribution in [0.15, 0.2) is 0 Å². The van der Waals surface area contributed by atoms with Gasteiger partial charge in [-0.25, -0.2) is 18.0 Å². The number of carboxylic acid groups (broad SMARTS) is 1. The van der Waals surface area contributed by atoms with Gasteiger partial charge in [0.15, 0.2) is 9.84 Å².